The maximum Gasteiger partial charge on any atom is 0.233 e. The van der Waals surface area contributed by atoms with Crippen molar-refractivity contribution in [2.24, 2.45) is 7.05 Å². The first-order valence-electron chi connectivity index (χ1n) is 8.45. The van der Waals surface area contributed by atoms with Crippen LogP contribution >= 0.6 is 23.1 Å². The van der Waals surface area contributed by atoms with Gasteiger partial charge in [-0.15, -0.1) is 21.5 Å². The number of nitrogens with zero attached hydrogens (tertiary/aromatic N) is 4. The third kappa shape index (κ3) is 3.67. The fourth-order valence-electron chi connectivity index (χ4n) is 3.36. The molecule has 0 radical (unpaired) electrons. The van der Waals surface area contributed by atoms with Crippen LogP contribution in [0.25, 0.3) is 10.7 Å². The van der Waals surface area contributed by atoms with E-state index in [1.54, 1.807) is 11.3 Å². The monoisotopic (exact) mass is 364 g/mol. The van der Waals surface area contributed by atoms with Crippen LogP contribution in [0.5, 0.6) is 0 Å². The van der Waals surface area contributed by atoms with E-state index in [1.165, 1.54) is 24.6 Å². The van der Waals surface area contributed by atoms with E-state index in [2.05, 4.69) is 28.9 Å². The molecule has 7 heteroatoms. The number of hydrogen-bond donors (Lipinski definition) is 0. The Morgan fingerprint density at radius 3 is 2.79 bits per heavy atom. The van der Waals surface area contributed by atoms with E-state index in [0.717, 1.165) is 28.7 Å². The molecular weight excluding hydrogens is 340 g/mol. The molecule has 3 rings (SSSR count). The lowest BCUT2D eigenvalue weighted by Crippen LogP contribution is -2.44. The van der Waals surface area contributed by atoms with Gasteiger partial charge in [0.15, 0.2) is 11.0 Å². The fraction of sp³-hybridized carbons (Fsp3) is 0.588. The Labute approximate surface area is 151 Å². The average Bonchev–Trinajstić information content (AvgIpc) is 3.26. The van der Waals surface area contributed by atoms with Crippen molar-refractivity contribution >= 4 is 29.0 Å². The third-order valence-corrected chi connectivity index (χ3v) is 6.33. The summed E-state index contributed by atoms with van der Waals surface area (Å²) < 4.78 is 1.97. The number of amides is 1. The summed E-state index contributed by atoms with van der Waals surface area (Å²) in [5.41, 5.74) is 0. The van der Waals surface area contributed by atoms with E-state index in [0.29, 0.717) is 11.8 Å². The van der Waals surface area contributed by atoms with Crippen molar-refractivity contribution in [1.29, 1.82) is 0 Å². The van der Waals surface area contributed by atoms with Gasteiger partial charge in [-0.05, 0) is 38.1 Å². The number of aromatic nitrogens is 3. The summed E-state index contributed by atoms with van der Waals surface area (Å²) in [4.78, 5) is 15.9. The van der Waals surface area contributed by atoms with Crippen LogP contribution in [0, 0.1) is 0 Å². The summed E-state index contributed by atoms with van der Waals surface area (Å²) >= 11 is 3.13. The molecule has 5 nitrogen and oxygen atoms in total. The van der Waals surface area contributed by atoms with E-state index in [-0.39, 0.29) is 11.9 Å². The van der Waals surface area contributed by atoms with Gasteiger partial charge >= 0.3 is 0 Å². The van der Waals surface area contributed by atoms with Gasteiger partial charge in [0.1, 0.15) is 0 Å². The molecule has 0 aromatic carbocycles. The van der Waals surface area contributed by atoms with Crippen LogP contribution in [0.1, 0.15) is 39.5 Å². The quantitative estimate of drug-likeness (QED) is 0.731. The second-order valence-corrected chi connectivity index (χ2v) is 8.35. The van der Waals surface area contributed by atoms with E-state index in [1.807, 2.05) is 29.1 Å². The Morgan fingerprint density at radius 1 is 1.42 bits per heavy atom. The first-order chi connectivity index (χ1) is 11.6. The molecule has 0 N–H and O–H groups in total. The SMILES string of the molecule is CC(C)N(C(=O)CSc1nnc(-c2cccs2)n1C)C1CCCC1. The van der Waals surface area contributed by atoms with Gasteiger partial charge in [-0.1, -0.05) is 30.7 Å². The minimum Gasteiger partial charge on any atom is -0.337 e. The van der Waals surface area contributed by atoms with Crippen molar-refractivity contribution in [3.05, 3.63) is 17.5 Å². The van der Waals surface area contributed by atoms with Crippen LogP contribution in [0.4, 0.5) is 0 Å². The predicted molar refractivity (Wildman–Crippen MR) is 99.3 cm³/mol. The Morgan fingerprint density at radius 2 is 2.17 bits per heavy atom. The molecule has 24 heavy (non-hydrogen) atoms. The van der Waals surface area contributed by atoms with E-state index in [4.69, 9.17) is 0 Å². The second kappa shape index (κ2) is 7.70. The van der Waals surface area contributed by atoms with Crippen molar-refractivity contribution in [2.45, 2.75) is 56.8 Å². The molecule has 1 aliphatic carbocycles. The maximum atomic E-state index is 12.7. The highest BCUT2D eigenvalue weighted by Gasteiger charge is 2.28. The zero-order valence-corrected chi connectivity index (χ0v) is 16.1. The Hall–Kier alpha value is -1.34. The second-order valence-electron chi connectivity index (χ2n) is 6.46. The fourth-order valence-corrected chi connectivity index (χ4v) is 4.88. The standard InChI is InChI=1S/C17H24N4OS2/c1-12(2)21(13-7-4-5-8-13)15(22)11-24-17-19-18-16(20(17)3)14-9-6-10-23-14/h6,9-10,12-13H,4-5,7-8,11H2,1-3H3. The number of thiophene rings is 1. The first-order valence-corrected chi connectivity index (χ1v) is 10.3. The zero-order chi connectivity index (χ0) is 17.1. The lowest BCUT2D eigenvalue weighted by atomic mass is 10.1. The molecule has 0 spiro atoms. The molecule has 0 atom stereocenters. The van der Waals surface area contributed by atoms with Gasteiger partial charge in [0.05, 0.1) is 10.6 Å². The summed E-state index contributed by atoms with van der Waals surface area (Å²) in [6.45, 7) is 4.22. The molecule has 1 fully saturated rings. The molecule has 130 valence electrons. The molecule has 0 unspecified atom stereocenters. The van der Waals surface area contributed by atoms with Crippen LogP contribution in [-0.4, -0.2) is 43.4 Å². The van der Waals surface area contributed by atoms with Gasteiger partial charge < -0.3 is 9.47 Å². The van der Waals surface area contributed by atoms with Crippen molar-refractivity contribution in [1.82, 2.24) is 19.7 Å². The zero-order valence-electron chi connectivity index (χ0n) is 14.4. The van der Waals surface area contributed by atoms with E-state index < -0.39 is 0 Å². The summed E-state index contributed by atoms with van der Waals surface area (Å²) in [7, 11) is 1.96. The number of carbonyl (C=O) groups excluding carboxylic acids is 1. The average molecular weight is 365 g/mol. The summed E-state index contributed by atoms with van der Waals surface area (Å²) in [5, 5.41) is 11.4. The maximum absolute atomic E-state index is 12.7. The normalized spacial score (nSPS) is 15.3. The van der Waals surface area contributed by atoms with Gasteiger partial charge in [-0.2, -0.15) is 0 Å². The molecular formula is C17H24N4OS2. The molecule has 1 amide bonds. The largest absolute Gasteiger partial charge is 0.337 e. The van der Waals surface area contributed by atoms with Gasteiger partial charge in [0, 0.05) is 19.1 Å². The van der Waals surface area contributed by atoms with Crippen LogP contribution in [-0.2, 0) is 11.8 Å². The summed E-state index contributed by atoms with van der Waals surface area (Å²) in [5.74, 6) is 1.49. The van der Waals surface area contributed by atoms with Crippen molar-refractivity contribution in [3.63, 3.8) is 0 Å². The lowest BCUT2D eigenvalue weighted by molar-refractivity contribution is -0.132. The Balaban J connectivity index is 1.65. The molecule has 0 saturated heterocycles. The topological polar surface area (TPSA) is 51.0 Å². The molecule has 0 bridgehead atoms. The summed E-state index contributed by atoms with van der Waals surface area (Å²) in [6.07, 6.45) is 4.76. The third-order valence-electron chi connectivity index (χ3n) is 4.46. The minimum atomic E-state index is 0.211. The molecule has 2 aromatic heterocycles. The van der Waals surface area contributed by atoms with Crippen LogP contribution in [0.2, 0.25) is 0 Å². The van der Waals surface area contributed by atoms with Gasteiger partial charge in [-0.25, -0.2) is 0 Å². The number of thioether (sulfide) groups is 1. The minimum absolute atomic E-state index is 0.211. The van der Waals surface area contributed by atoms with Crippen LogP contribution < -0.4 is 0 Å². The van der Waals surface area contributed by atoms with Gasteiger partial charge in [0.25, 0.3) is 0 Å². The van der Waals surface area contributed by atoms with E-state index in [9.17, 15) is 4.79 Å². The Bertz CT molecular complexity index is 675. The van der Waals surface area contributed by atoms with Crippen molar-refractivity contribution < 1.29 is 4.79 Å². The van der Waals surface area contributed by atoms with Crippen molar-refractivity contribution in [2.75, 3.05) is 5.75 Å². The van der Waals surface area contributed by atoms with E-state index >= 15 is 0 Å². The van der Waals surface area contributed by atoms with Gasteiger partial charge in [0.2, 0.25) is 5.91 Å². The van der Waals surface area contributed by atoms with Crippen molar-refractivity contribution in [3.8, 4) is 10.7 Å². The first kappa shape index (κ1) is 17.5. The predicted octanol–water partition coefficient (Wildman–Crippen LogP) is 3.82. The molecule has 2 aromatic rings. The highest BCUT2D eigenvalue weighted by atomic mass is 32.2. The molecule has 1 aliphatic rings. The van der Waals surface area contributed by atoms with Gasteiger partial charge in [-0.3, -0.25) is 4.79 Å². The smallest absolute Gasteiger partial charge is 0.233 e. The molecule has 0 aliphatic heterocycles. The summed E-state index contributed by atoms with van der Waals surface area (Å²) in [6, 6.07) is 4.71. The Kier molecular flexibility index (Phi) is 5.61. The number of rotatable bonds is 6. The highest BCUT2D eigenvalue weighted by molar-refractivity contribution is 7.99. The lowest BCUT2D eigenvalue weighted by Gasteiger charge is -2.32. The highest BCUT2D eigenvalue weighted by Crippen LogP contribution is 2.28. The number of hydrogen-bond acceptors (Lipinski definition) is 5. The molecule has 2 heterocycles. The van der Waals surface area contributed by atoms with Crippen LogP contribution in [0.3, 0.4) is 0 Å². The van der Waals surface area contributed by atoms with Crippen LogP contribution in [0.15, 0.2) is 22.7 Å². The number of carbonyl (C=O) groups is 1. The molecule has 1 saturated carbocycles.